The first-order valence-corrected chi connectivity index (χ1v) is 7.52. The fraction of sp³-hybridized carbons (Fsp3) is 0.267. The van der Waals surface area contributed by atoms with Crippen LogP contribution >= 0.6 is 11.3 Å². The van der Waals surface area contributed by atoms with Gasteiger partial charge in [0.15, 0.2) is 5.69 Å². The minimum absolute atomic E-state index is 0.499. The van der Waals surface area contributed by atoms with E-state index in [-0.39, 0.29) is 0 Å². The van der Waals surface area contributed by atoms with E-state index in [2.05, 4.69) is 16.2 Å². The Bertz CT molecular complexity index is 820. The van der Waals surface area contributed by atoms with Crippen molar-refractivity contribution in [2.45, 2.75) is 13.3 Å². The molecule has 0 spiro atoms. The van der Waals surface area contributed by atoms with Gasteiger partial charge in [0, 0.05) is 25.3 Å². The molecule has 0 fully saturated rings. The first kappa shape index (κ1) is 13.6. The Morgan fingerprint density at radius 1 is 1.29 bits per heavy atom. The zero-order valence-corrected chi connectivity index (χ0v) is 13.0. The van der Waals surface area contributed by atoms with Crippen molar-refractivity contribution in [2.24, 2.45) is 0 Å². The molecule has 0 aliphatic carbocycles. The Hall–Kier alpha value is -2.39. The summed E-state index contributed by atoms with van der Waals surface area (Å²) >= 11 is 1.53. The molecule has 0 N–H and O–H groups in total. The highest BCUT2D eigenvalue weighted by Crippen LogP contribution is 2.28. The van der Waals surface area contributed by atoms with Crippen molar-refractivity contribution in [1.82, 2.24) is 14.6 Å². The average molecular weight is 297 g/mol. The molecule has 0 amide bonds. The van der Waals surface area contributed by atoms with Crippen LogP contribution in [0.5, 0.6) is 0 Å². The Balaban J connectivity index is 2.11. The van der Waals surface area contributed by atoms with Crippen LogP contribution in [0.2, 0.25) is 0 Å². The number of imidazole rings is 1. The molecule has 0 unspecified atom stereocenters. The Morgan fingerprint density at radius 3 is 2.57 bits per heavy atom. The number of fused-ring (bicyclic) bond motifs is 1. The predicted molar refractivity (Wildman–Crippen MR) is 84.7 cm³/mol. The first-order valence-electron chi connectivity index (χ1n) is 6.70. The second kappa shape index (κ2) is 5.19. The van der Waals surface area contributed by atoms with E-state index >= 15 is 0 Å². The number of nitriles is 1. The van der Waals surface area contributed by atoms with E-state index in [1.165, 1.54) is 11.3 Å². The minimum Gasteiger partial charge on any atom is -0.378 e. The Morgan fingerprint density at radius 2 is 2.00 bits per heavy atom. The van der Waals surface area contributed by atoms with Crippen LogP contribution in [0, 0.1) is 11.3 Å². The molecule has 21 heavy (non-hydrogen) atoms. The third-order valence-electron chi connectivity index (χ3n) is 3.31. The number of aryl methyl sites for hydroxylation is 1. The van der Waals surface area contributed by atoms with Crippen molar-refractivity contribution in [3.05, 3.63) is 35.0 Å². The molecule has 6 heteroatoms. The molecular formula is C15H15N5S. The normalized spacial score (nSPS) is 10.8. The van der Waals surface area contributed by atoms with E-state index in [4.69, 9.17) is 0 Å². The molecule has 0 atom stereocenters. The molecule has 0 bridgehead atoms. The monoisotopic (exact) mass is 297 g/mol. The topological polar surface area (TPSA) is 57.2 Å². The predicted octanol–water partition coefficient (Wildman–Crippen LogP) is 2.96. The van der Waals surface area contributed by atoms with E-state index in [0.717, 1.165) is 27.6 Å². The smallest absolute Gasteiger partial charge is 0.214 e. The lowest BCUT2D eigenvalue weighted by atomic mass is 10.1. The molecule has 0 radical (unpaired) electrons. The fourth-order valence-electron chi connectivity index (χ4n) is 2.15. The number of nitrogens with zero attached hydrogens (tertiary/aromatic N) is 5. The highest BCUT2D eigenvalue weighted by Gasteiger charge is 2.17. The van der Waals surface area contributed by atoms with E-state index in [0.29, 0.717) is 11.4 Å². The zero-order valence-electron chi connectivity index (χ0n) is 12.2. The number of hydrogen-bond acceptors (Lipinski definition) is 5. The summed E-state index contributed by atoms with van der Waals surface area (Å²) in [4.78, 5) is 7.39. The van der Waals surface area contributed by atoms with Gasteiger partial charge in [-0.15, -0.1) is 0 Å². The number of rotatable bonds is 3. The van der Waals surface area contributed by atoms with Gasteiger partial charge in [-0.25, -0.2) is 4.98 Å². The minimum atomic E-state index is 0.499. The quantitative estimate of drug-likeness (QED) is 0.746. The standard InChI is InChI=1S/C15H15N5S/c1-4-13-18-20-12(9-16)14(17-15(20)21-13)10-5-7-11(8-6-10)19(2)3/h5-8H,4H2,1-3H3. The van der Waals surface area contributed by atoms with Crippen LogP contribution in [-0.2, 0) is 6.42 Å². The number of hydrogen-bond donors (Lipinski definition) is 0. The van der Waals surface area contributed by atoms with Crippen LogP contribution < -0.4 is 4.90 Å². The van der Waals surface area contributed by atoms with E-state index in [1.54, 1.807) is 4.52 Å². The molecule has 2 aromatic heterocycles. The first-order chi connectivity index (χ1) is 10.1. The van der Waals surface area contributed by atoms with Gasteiger partial charge in [0.2, 0.25) is 4.96 Å². The number of aromatic nitrogens is 3. The molecule has 0 aliphatic heterocycles. The third-order valence-corrected chi connectivity index (χ3v) is 4.36. The molecule has 1 aromatic carbocycles. The zero-order chi connectivity index (χ0) is 15.0. The maximum Gasteiger partial charge on any atom is 0.214 e. The van der Waals surface area contributed by atoms with Gasteiger partial charge in [-0.05, 0) is 18.6 Å². The average Bonchev–Trinajstić information content (AvgIpc) is 3.03. The van der Waals surface area contributed by atoms with Gasteiger partial charge in [-0.3, -0.25) is 0 Å². The van der Waals surface area contributed by atoms with Gasteiger partial charge in [0.25, 0.3) is 0 Å². The molecule has 3 rings (SSSR count). The largest absolute Gasteiger partial charge is 0.378 e. The summed E-state index contributed by atoms with van der Waals surface area (Å²) in [6.45, 7) is 2.05. The Labute approximate surface area is 127 Å². The van der Waals surface area contributed by atoms with E-state index in [9.17, 15) is 5.26 Å². The molecule has 2 heterocycles. The van der Waals surface area contributed by atoms with Gasteiger partial charge in [0.05, 0.1) is 0 Å². The van der Waals surface area contributed by atoms with Crippen LogP contribution in [0.4, 0.5) is 5.69 Å². The summed E-state index contributed by atoms with van der Waals surface area (Å²) in [5.41, 5.74) is 3.25. The van der Waals surface area contributed by atoms with Gasteiger partial charge < -0.3 is 4.90 Å². The van der Waals surface area contributed by atoms with Gasteiger partial charge >= 0.3 is 0 Å². The van der Waals surface area contributed by atoms with E-state index < -0.39 is 0 Å². The van der Waals surface area contributed by atoms with E-state index in [1.807, 2.05) is 50.2 Å². The summed E-state index contributed by atoms with van der Waals surface area (Å²) < 4.78 is 1.65. The van der Waals surface area contributed by atoms with Crippen LogP contribution in [0.3, 0.4) is 0 Å². The molecule has 0 saturated heterocycles. The Kier molecular flexibility index (Phi) is 3.35. The highest BCUT2D eigenvalue weighted by molar-refractivity contribution is 7.16. The number of anilines is 1. The fourth-order valence-corrected chi connectivity index (χ4v) is 2.98. The lowest BCUT2D eigenvalue weighted by molar-refractivity contribution is 0.899. The van der Waals surface area contributed by atoms with Crippen molar-refractivity contribution in [2.75, 3.05) is 19.0 Å². The highest BCUT2D eigenvalue weighted by atomic mass is 32.1. The van der Waals surface area contributed by atoms with Crippen LogP contribution in [0.1, 0.15) is 17.6 Å². The maximum atomic E-state index is 9.44. The SMILES string of the molecule is CCc1nn2c(C#N)c(-c3ccc(N(C)C)cc3)nc2s1. The van der Waals surface area contributed by atoms with Crippen molar-refractivity contribution in [1.29, 1.82) is 5.26 Å². The van der Waals surface area contributed by atoms with Crippen LogP contribution in [0.15, 0.2) is 24.3 Å². The third kappa shape index (κ3) is 2.26. The summed E-state index contributed by atoms with van der Waals surface area (Å²) in [7, 11) is 4.00. The molecule has 0 aliphatic rings. The van der Waals surface area contributed by atoms with Gasteiger partial charge in [-0.1, -0.05) is 30.4 Å². The molecule has 5 nitrogen and oxygen atoms in total. The lowest BCUT2D eigenvalue weighted by Crippen LogP contribution is -2.07. The lowest BCUT2D eigenvalue weighted by Gasteiger charge is -2.12. The van der Waals surface area contributed by atoms with Gasteiger partial charge in [0.1, 0.15) is 16.8 Å². The summed E-state index contributed by atoms with van der Waals surface area (Å²) in [5, 5.41) is 14.9. The summed E-state index contributed by atoms with van der Waals surface area (Å²) in [6, 6.07) is 10.3. The molecule has 0 saturated carbocycles. The molecule has 106 valence electrons. The second-order valence-corrected chi connectivity index (χ2v) is 5.95. The number of benzene rings is 1. The maximum absolute atomic E-state index is 9.44. The van der Waals surface area contributed by atoms with Gasteiger partial charge in [-0.2, -0.15) is 14.9 Å². The van der Waals surface area contributed by atoms with Crippen LogP contribution in [-0.4, -0.2) is 28.7 Å². The summed E-state index contributed by atoms with van der Waals surface area (Å²) in [6.07, 6.45) is 0.853. The van der Waals surface area contributed by atoms with Crippen molar-refractivity contribution in [3.8, 4) is 17.3 Å². The molecule has 3 aromatic rings. The van der Waals surface area contributed by atoms with Crippen molar-refractivity contribution in [3.63, 3.8) is 0 Å². The summed E-state index contributed by atoms with van der Waals surface area (Å²) in [5.74, 6) is 0. The van der Waals surface area contributed by atoms with Crippen molar-refractivity contribution < 1.29 is 0 Å². The second-order valence-electron chi connectivity index (χ2n) is 4.91. The molecular weight excluding hydrogens is 282 g/mol. The van der Waals surface area contributed by atoms with Crippen molar-refractivity contribution >= 4 is 22.0 Å². The van der Waals surface area contributed by atoms with Crippen LogP contribution in [0.25, 0.3) is 16.2 Å².